The molecule has 7 N–H and O–H groups in total. The van der Waals surface area contributed by atoms with Gasteiger partial charge in [0.15, 0.2) is 66.1 Å². The van der Waals surface area contributed by atoms with E-state index in [-0.39, 0.29) is 85.7 Å². The lowest BCUT2D eigenvalue weighted by Crippen LogP contribution is -2.52. The number of aliphatic hydroxyl groups excluding tert-OH is 4. The van der Waals surface area contributed by atoms with Crippen LogP contribution < -0.4 is 28.4 Å². The number of carbonyl (C=O) groups excluding carboxylic acids is 2. The van der Waals surface area contributed by atoms with E-state index in [0.29, 0.717) is 68.3 Å². The molecule has 7 rings (SSSR count). The Balaban J connectivity index is 0.000000330. The van der Waals surface area contributed by atoms with Gasteiger partial charge in [-0.1, -0.05) is 113 Å². The Morgan fingerprint density at radius 3 is 1.22 bits per heavy atom. The number of fused-ring (bicyclic) bond motifs is 2. The van der Waals surface area contributed by atoms with Gasteiger partial charge in [-0.2, -0.15) is 4.40 Å². The Hall–Kier alpha value is -2.39. The summed E-state index contributed by atoms with van der Waals surface area (Å²) in [5, 5.41) is 48.1. The highest BCUT2D eigenvalue weighted by molar-refractivity contribution is 14.1. The van der Waals surface area contributed by atoms with Gasteiger partial charge in [0.2, 0.25) is 0 Å². The number of Topliss-reactive ketones (excluding diaryl/α,β-unsaturated/α-hetero) is 2. The van der Waals surface area contributed by atoms with Gasteiger partial charge in [0, 0.05) is 24.0 Å². The number of aromatic nitrogens is 5. The van der Waals surface area contributed by atoms with Gasteiger partial charge in [-0.15, -0.1) is 0 Å². The number of carbonyl (C=O) groups is 2. The van der Waals surface area contributed by atoms with Crippen molar-refractivity contribution in [2.24, 2.45) is 28.1 Å². The molecule has 100 heavy (non-hydrogen) atoms. The largest absolute Gasteiger partial charge is 0.504 e. The van der Waals surface area contributed by atoms with E-state index in [4.69, 9.17) is 82.1 Å². The first-order valence-corrected chi connectivity index (χ1v) is 40.1. The second-order valence-electron chi connectivity index (χ2n) is 27.7. The van der Waals surface area contributed by atoms with E-state index in [2.05, 4.69) is 61.4 Å². The van der Waals surface area contributed by atoms with E-state index >= 15 is 0 Å². The maximum Gasteiger partial charge on any atom is 0.178 e. The van der Waals surface area contributed by atoms with Crippen molar-refractivity contribution in [2.45, 2.75) is 202 Å². The smallest absolute Gasteiger partial charge is 0.178 e. The highest BCUT2D eigenvalue weighted by Gasteiger charge is 2.49. The molecular formula is C67H94Cl5I3N8O14S3. The van der Waals surface area contributed by atoms with Crippen LogP contribution in [0.15, 0.2) is 34.7 Å². The number of aliphatic hydroxyl groups is 4. The molecule has 9 atom stereocenters. The van der Waals surface area contributed by atoms with Gasteiger partial charge < -0.3 is 44.5 Å². The summed E-state index contributed by atoms with van der Waals surface area (Å²) in [6.45, 7) is 41.5. The van der Waals surface area contributed by atoms with Crippen LogP contribution in [0, 0.1) is 34.4 Å². The molecule has 2 aliphatic heterocycles. The number of hydrogen-bond acceptors (Lipinski definition) is 19. The topological polar surface area (TPSA) is 324 Å². The molecule has 9 unspecified atom stereocenters. The monoisotopic (exact) mass is 1890 g/mol. The van der Waals surface area contributed by atoms with E-state index in [1.165, 1.54) is 6.92 Å². The number of aromatic hydroxyl groups is 1. The van der Waals surface area contributed by atoms with Crippen LogP contribution in [0.25, 0.3) is 0 Å². The van der Waals surface area contributed by atoms with Crippen molar-refractivity contribution in [1.29, 1.82) is 0 Å². The minimum Gasteiger partial charge on any atom is -0.504 e. The number of hydrogen-bond donors (Lipinski definition) is 7. The molecule has 2 aliphatic rings. The summed E-state index contributed by atoms with van der Waals surface area (Å²) in [5.74, 6) is 1.78. The average Bonchev–Trinajstić information content (AvgIpc) is 1.59. The van der Waals surface area contributed by atoms with Gasteiger partial charge in [-0.25, -0.2) is 47.0 Å². The van der Waals surface area contributed by atoms with Crippen LogP contribution in [-0.2, 0) is 48.8 Å². The van der Waals surface area contributed by atoms with Gasteiger partial charge in [0.05, 0.1) is 111 Å². The molecule has 0 saturated carbocycles. The van der Waals surface area contributed by atoms with Crippen molar-refractivity contribution in [1.82, 2.24) is 34.4 Å². The number of ether oxygens (including phenoxy) is 4. The third kappa shape index (κ3) is 25.4. The van der Waals surface area contributed by atoms with Crippen LogP contribution in [0.2, 0.25) is 25.8 Å². The minimum absolute atomic E-state index is 0.00136. The molecule has 0 spiro atoms. The van der Waals surface area contributed by atoms with Gasteiger partial charge in [-0.05, 0) is 206 Å². The molecule has 0 aromatic carbocycles. The number of pyridine rings is 5. The molecule has 0 radical (unpaired) electrons. The molecule has 5 aromatic heterocycles. The third-order valence-corrected chi connectivity index (χ3v) is 23.4. The number of rotatable bonds is 20. The van der Waals surface area contributed by atoms with Crippen LogP contribution in [0.3, 0.4) is 0 Å². The van der Waals surface area contributed by atoms with Crippen molar-refractivity contribution in [3.8, 4) is 28.7 Å². The van der Waals surface area contributed by atoms with Gasteiger partial charge >= 0.3 is 0 Å². The lowest BCUT2D eigenvalue weighted by molar-refractivity contribution is -0.123. The molecule has 560 valence electrons. The number of ketones is 2. The van der Waals surface area contributed by atoms with Crippen molar-refractivity contribution in [3.05, 3.63) is 106 Å². The maximum absolute atomic E-state index is 12.7. The standard InChI is InChI=1S/C16H24ClIN2O3S.C16H25ClN2O3S.C16H23ClN2O3S.C12H15ClINO3.C7H7ClINO2/c1-9(2)13(20-24(22)16(4,5)6)8-23-14-11(18)7-12(10(3)21)19-15(14)17;2*1-9(2)16(19-23(21)15(4,5)6)8-22-13-11(16)7-12(10(3)20)18-14(13)17;1-6(2)10(17)5-18-11-8(14)4-9(7(3)16)15-12(11)13;1-3(11)5-2-4(9)6(12)7(8)10-5/h7,9-10,21H,8H2,1-6H3;7,9-10,19-20H,8H2,1-6H3;7,9,19H,8H2,1-6H3;4,6-7,16H,5H2,1-3H3;2-3,11-12H,1H3. The molecule has 0 aliphatic carbocycles. The average molecular weight is 1890 g/mol. The zero-order valence-electron chi connectivity index (χ0n) is 60.2. The summed E-state index contributed by atoms with van der Waals surface area (Å²) in [5.41, 5.74) is 3.14. The fourth-order valence-electron chi connectivity index (χ4n) is 8.25. The Kier molecular flexibility index (Phi) is 35.7. The molecule has 7 heterocycles. The van der Waals surface area contributed by atoms with Crippen LogP contribution >= 0.6 is 126 Å². The lowest BCUT2D eigenvalue weighted by Gasteiger charge is -2.35. The lowest BCUT2D eigenvalue weighted by atomic mass is 9.82. The molecule has 22 nitrogen and oxygen atoms in total. The summed E-state index contributed by atoms with van der Waals surface area (Å²) in [6.07, 6.45) is -2.80. The van der Waals surface area contributed by atoms with E-state index in [1.807, 2.05) is 163 Å². The quantitative estimate of drug-likeness (QED) is 0.0165. The maximum atomic E-state index is 12.7. The third-order valence-electron chi connectivity index (χ3n) is 14.9. The molecular weight excluding hydrogens is 1790 g/mol. The summed E-state index contributed by atoms with van der Waals surface area (Å²) in [7, 11) is -3.91. The first-order chi connectivity index (χ1) is 45.7. The zero-order valence-corrected chi connectivity index (χ0v) is 72.9. The Morgan fingerprint density at radius 1 is 0.540 bits per heavy atom. The predicted octanol–water partition coefficient (Wildman–Crippen LogP) is 15.7. The molecule has 5 aromatic rings. The second-order valence-corrected chi connectivity index (χ2v) is 38.8. The normalized spacial score (nSPS) is 18.0. The van der Waals surface area contributed by atoms with Crippen LogP contribution in [0.4, 0.5) is 0 Å². The molecule has 0 bridgehead atoms. The summed E-state index contributed by atoms with van der Waals surface area (Å²) in [6, 6.07) is 8.50. The highest BCUT2D eigenvalue weighted by Crippen LogP contribution is 2.48. The molecule has 33 heteroatoms. The van der Waals surface area contributed by atoms with Gasteiger partial charge in [-0.3, -0.25) is 9.59 Å². The van der Waals surface area contributed by atoms with Crippen LogP contribution in [-0.4, -0.2) is 121 Å². The van der Waals surface area contributed by atoms with Crippen LogP contribution in [0.1, 0.15) is 221 Å². The Morgan fingerprint density at radius 2 is 0.890 bits per heavy atom. The molecule has 0 fully saturated rings. The molecule has 0 saturated heterocycles. The first-order valence-electron chi connectivity index (χ1n) is 31.6. The van der Waals surface area contributed by atoms with E-state index in [9.17, 15) is 42.6 Å². The van der Waals surface area contributed by atoms with Crippen LogP contribution in [0.5, 0.6) is 28.7 Å². The second kappa shape index (κ2) is 38.9. The number of nitrogens with one attached hydrogen (secondary N) is 2. The first kappa shape index (κ1) is 91.8. The summed E-state index contributed by atoms with van der Waals surface area (Å²) >= 11 is 36.2. The number of nitrogens with zero attached hydrogens (tertiary/aromatic N) is 6. The van der Waals surface area contributed by atoms with Crippen molar-refractivity contribution >= 4 is 176 Å². The Bertz CT molecular complexity index is 3730. The number of halogens is 8. The van der Waals surface area contributed by atoms with E-state index in [0.717, 1.165) is 18.3 Å². The summed E-state index contributed by atoms with van der Waals surface area (Å²) in [4.78, 5) is 43.4. The van der Waals surface area contributed by atoms with Crippen molar-refractivity contribution < 1.29 is 66.7 Å². The van der Waals surface area contributed by atoms with E-state index < -0.39 is 82.7 Å². The zero-order chi connectivity index (χ0) is 77.0. The molecule has 0 amide bonds. The van der Waals surface area contributed by atoms with E-state index in [1.54, 1.807) is 58.0 Å². The minimum atomic E-state index is -1.34. The Labute approximate surface area is 662 Å². The SMILES string of the molecule is CC(=O)c1cc2c(c(Cl)n1)OCC2(NS(=O)C(C)(C)C)C(C)C.CC(C)C(=O)COc1c(I)cc(C(C)O)nc1Cl.CC(C)C(COc1c(I)cc(C(C)O)nc1Cl)=NS(=O)C(C)(C)C.CC(O)c1cc(I)c(O)c(Cl)n1.CC(O)c1cc2c(c(Cl)n1)OCC2(NS(=O)C(C)(C)C)C(C)C. The van der Waals surface area contributed by atoms with Gasteiger partial charge in [0.25, 0.3) is 0 Å². The predicted molar refractivity (Wildman–Crippen MR) is 426 cm³/mol. The summed E-state index contributed by atoms with van der Waals surface area (Å²) < 4.78 is 71.9. The van der Waals surface area contributed by atoms with Crippen molar-refractivity contribution in [2.75, 3.05) is 26.4 Å². The van der Waals surface area contributed by atoms with Gasteiger partial charge in [0.1, 0.15) is 43.1 Å². The fraction of sp³-hybridized carbons (Fsp3) is 0.582. The van der Waals surface area contributed by atoms with Crippen molar-refractivity contribution in [3.63, 3.8) is 0 Å². The highest BCUT2D eigenvalue weighted by atomic mass is 127. The fourth-order valence-corrected chi connectivity index (χ4v) is 14.8.